The lowest BCUT2D eigenvalue weighted by molar-refractivity contribution is -0.128. The lowest BCUT2D eigenvalue weighted by Gasteiger charge is -2.13. The molecule has 0 saturated carbocycles. The first-order valence-electron chi connectivity index (χ1n) is 5.50. The highest BCUT2D eigenvalue weighted by Gasteiger charge is 2.20. The van der Waals surface area contributed by atoms with Crippen LogP contribution in [0.4, 0.5) is 5.69 Å². The minimum absolute atomic E-state index is 0.297. The van der Waals surface area contributed by atoms with Crippen LogP contribution in [0.5, 0.6) is 0 Å². The van der Waals surface area contributed by atoms with Crippen LogP contribution in [0.15, 0.2) is 22.7 Å². The molecule has 0 aliphatic rings. The van der Waals surface area contributed by atoms with Gasteiger partial charge in [-0.05, 0) is 41.9 Å². The van der Waals surface area contributed by atoms with E-state index < -0.39 is 12.1 Å². The number of carbonyl (C=O) groups is 2. The number of nitrogens with one attached hydrogen (secondary N) is 1. The van der Waals surface area contributed by atoms with E-state index in [9.17, 15) is 9.59 Å². The molecule has 98 valence electrons. The fourth-order valence-electron chi connectivity index (χ4n) is 1.30. The number of rotatable bonds is 4. The van der Waals surface area contributed by atoms with Crippen molar-refractivity contribution in [3.8, 4) is 0 Å². The number of esters is 1. The van der Waals surface area contributed by atoms with Crippen LogP contribution in [-0.2, 0) is 9.53 Å². The molecule has 1 aromatic carbocycles. The lowest BCUT2D eigenvalue weighted by Crippen LogP contribution is -2.35. The SMILES string of the molecule is CCNC(=O)C(C)OC(=O)c1cccc(N)c1Br. The molecule has 18 heavy (non-hydrogen) atoms. The molecule has 1 unspecified atom stereocenters. The fraction of sp³-hybridized carbons (Fsp3) is 0.333. The maximum Gasteiger partial charge on any atom is 0.340 e. The van der Waals surface area contributed by atoms with Crippen molar-refractivity contribution >= 4 is 33.5 Å². The predicted octanol–water partition coefficient (Wildman–Crippen LogP) is 1.71. The normalized spacial score (nSPS) is 11.7. The van der Waals surface area contributed by atoms with Crippen LogP contribution >= 0.6 is 15.9 Å². The Bertz CT molecular complexity index is 463. The number of ether oxygens (including phenoxy) is 1. The number of nitrogens with two attached hydrogens (primary N) is 1. The second-order valence-corrected chi connectivity index (χ2v) is 4.44. The number of likely N-dealkylation sites (N-methyl/N-ethyl adjacent to an activating group) is 1. The zero-order valence-electron chi connectivity index (χ0n) is 10.2. The van der Waals surface area contributed by atoms with Gasteiger partial charge in [0.05, 0.1) is 10.0 Å². The fourth-order valence-corrected chi connectivity index (χ4v) is 1.73. The Morgan fingerprint density at radius 3 is 2.78 bits per heavy atom. The Morgan fingerprint density at radius 1 is 1.50 bits per heavy atom. The Labute approximate surface area is 114 Å². The van der Waals surface area contributed by atoms with Crippen molar-refractivity contribution in [2.24, 2.45) is 0 Å². The number of carbonyl (C=O) groups excluding carboxylic acids is 2. The summed E-state index contributed by atoms with van der Waals surface area (Å²) in [5, 5.41) is 2.58. The average molecular weight is 315 g/mol. The number of benzene rings is 1. The van der Waals surface area contributed by atoms with Crippen LogP contribution in [0.25, 0.3) is 0 Å². The second-order valence-electron chi connectivity index (χ2n) is 3.65. The van der Waals surface area contributed by atoms with E-state index in [1.165, 1.54) is 6.92 Å². The molecule has 6 heteroatoms. The zero-order chi connectivity index (χ0) is 13.7. The molecule has 0 heterocycles. The first-order chi connectivity index (χ1) is 8.47. The summed E-state index contributed by atoms with van der Waals surface area (Å²) in [5.41, 5.74) is 6.40. The van der Waals surface area contributed by atoms with E-state index in [-0.39, 0.29) is 5.91 Å². The summed E-state index contributed by atoms with van der Waals surface area (Å²) in [6, 6.07) is 4.88. The first-order valence-corrected chi connectivity index (χ1v) is 6.29. The van der Waals surface area contributed by atoms with Gasteiger partial charge in [0.1, 0.15) is 0 Å². The molecule has 1 atom stereocenters. The number of nitrogen functional groups attached to an aromatic ring is 1. The smallest absolute Gasteiger partial charge is 0.340 e. The standard InChI is InChI=1S/C12H15BrN2O3/c1-3-15-11(16)7(2)18-12(17)8-5-4-6-9(14)10(8)13/h4-7H,3,14H2,1-2H3,(H,15,16). The number of anilines is 1. The van der Waals surface area contributed by atoms with E-state index >= 15 is 0 Å². The van der Waals surface area contributed by atoms with E-state index in [0.717, 1.165) is 0 Å². The third-order valence-corrected chi connectivity index (χ3v) is 3.14. The van der Waals surface area contributed by atoms with Gasteiger partial charge in [-0.2, -0.15) is 0 Å². The van der Waals surface area contributed by atoms with Crippen molar-refractivity contribution in [1.82, 2.24) is 5.32 Å². The highest BCUT2D eigenvalue weighted by Crippen LogP contribution is 2.24. The van der Waals surface area contributed by atoms with Gasteiger partial charge < -0.3 is 15.8 Å². The van der Waals surface area contributed by atoms with Gasteiger partial charge in [0.2, 0.25) is 0 Å². The number of amides is 1. The first kappa shape index (κ1) is 14.5. The van der Waals surface area contributed by atoms with Gasteiger partial charge in [-0.3, -0.25) is 4.79 Å². The molecule has 0 aliphatic carbocycles. The van der Waals surface area contributed by atoms with Crippen molar-refractivity contribution < 1.29 is 14.3 Å². The van der Waals surface area contributed by atoms with E-state index in [4.69, 9.17) is 10.5 Å². The van der Waals surface area contributed by atoms with Crippen LogP contribution in [0.2, 0.25) is 0 Å². The van der Waals surface area contributed by atoms with Gasteiger partial charge in [0.25, 0.3) is 5.91 Å². The molecule has 0 bridgehead atoms. The molecule has 0 aliphatic heterocycles. The summed E-state index contributed by atoms with van der Waals surface area (Å²) in [6.45, 7) is 3.80. The largest absolute Gasteiger partial charge is 0.449 e. The molecule has 0 saturated heterocycles. The molecular formula is C12H15BrN2O3. The topological polar surface area (TPSA) is 81.4 Å². The summed E-state index contributed by atoms with van der Waals surface area (Å²) in [6.07, 6.45) is -0.842. The van der Waals surface area contributed by atoms with Gasteiger partial charge in [-0.15, -0.1) is 0 Å². The Morgan fingerprint density at radius 2 is 2.17 bits per heavy atom. The van der Waals surface area contributed by atoms with Crippen LogP contribution in [0.3, 0.4) is 0 Å². The van der Waals surface area contributed by atoms with Crippen molar-refractivity contribution in [3.05, 3.63) is 28.2 Å². The summed E-state index contributed by atoms with van der Waals surface area (Å²) < 4.78 is 5.52. The van der Waals surface area contributed by atoms with Gasteiger partial charge in [0, 0.05) is 12.2 Å². The molecule has 3 N–H and O–H groups in total. The van der Waals surface area contributed by atoms with Crippen molar-refractivity contribution in [3.63, 3.8) is 0 Å². The van der Waals surface area contributed by atoms with E-state index in [2.05, 4.69) is 21.2 Å². The van der Waals surface area contributed by atoms with E-state index in [0.29, 0.717) is 22.3 Å². The van der Waals surface area contributed by atoms with Gasteiger partial charge >= 0.3 is 5.97 Å². The van der Waals surface area contributed by atoms with Crippen LogP contribution < -0.4 is 11.1 Å². The molecule has 0 radical (unpaired) electrons. The second kappa shape index (κ2) is 6.39. The molecule has 0 spiro atoms. The zero-order valence-corrected chi connectivity index (χ0v) is 11.8. The number of hydrogen-bond acceptors (Lipinski definition) is 4. The summed E-state index contributed by atoms with van der Waals surface area (Å²) in [4.78, 5) is 23.3. The summed E-state index contributed by atoms with van der Waals surface area (Å²) >= 11 is 3.21. The Balaban J connectivity index is 2.77. The molecular weight excluding hydrogens is 300 g/mol. The van der Waals surface area contributed by atoms with Gasteiger partial charge in [0.15, 0.2) is 6.10 Å². The highest BCUT2D eigenvalue weighted by molar-refractivity contribution is 9.10. The molecule has 0 fully saturated rings. The predicted molar refractivity (Wildman–Crippen MR) is 72.1 cm³/mol. The molecule has 1 amide bonds. The van der Waals surface area contributed by atoms with E-state index in [1.807, 2.05) is 0 Å². The van der Waals surface area contributed by atoms with Gasteiger partial charge in [-0.1, -0.05) is 6.07 Å². The van der Waals surface area contributed by atoms with Crippen LogP contribution in [0.1, 0.15) is 24.2 Å². The lowest BCUT2D eigenvalue weighted by atomic mass is 10.2. The molecule has 0 aromatic heterocycles. The van der Waals surface area contributed by atoms with Crippen molar-refractivity contribution in [2.75, 3.05) is 12.3 Å². The maximum atomic E-state index is 11.8. The monoisotopic (exact) mass is 314 g/mol. The Hall–Kier alpha value is -1.56. The Kier molecular flexibility index (Phi) is 5.15. The number of halogens is 1. The molecule has 1 aromatic rings. The summed E-state index contributed by atoms with van der Waals surface area (Å²) in [5.74, 6) is -0.918. The van der Waals surface area contributed by atoms with Gasteiger partial charge in [-0.25, -0.2) is 4.79 Å². The molecule has 5 nitrogen and oxygen atoms in total. The van der Waals surface area contributed by atoms with Crippen LogP contribution in [-0.4, -0.2) is 24.5 Å². The maximum absolute atomic E-state index is 11.8. The minimum Gasteiger partial charge on any atom is -0.449 e. The third kappa shape index (κ3) is 3.46. The van der Waals surface area contributed by atoms with E-state index in [1.54, 1.807) is 25.1 Å². The minimum atomic E-state index is -0.842. The van der Waals surface area contributed by atoms with Crippen molar-refractivity contribution in [1.29, 1.82) is 0 Å². The third-order valence-electron chi connectivity index (χ3n) is 2.25. The summed E-state index contributed by atoms with van der Waals surface area (Å²) in [7, 11) is 0. The highest BCUT2D eigenvalue weighted by atomic mass is 79.9. The van der Waals surface area contributed by atoms with Crippen molar-refractivity contribution in [2.45, 2.75) is 20.0 Å². The average Bonchev–Trinajstić information content (AvgIpc) is 2.32. The quantitative estimate of drug-likeness (QED) is 0.655. The molecule has 1 rings (SSSR count). The van der Waals surface area contributed by atoms with Crippen LogP contribution in [0, 0.1) is 0 Å². The number of hydrogen-bond donors (Lipinski definition) is 2.